The molecule has 30 heavy (non-hydrogen) atoms. The molecule has 1 aliphatic rings. The molecule has 0 bridgehead atoms. The van der Waals surface area contributed by atoms with E-state index >= 15 is 0 Å². The molecule has 2 amide bonds. The van der Waals surface area contributed by atoms with Crippen molar-refractivity contribution in [2.75, 3.05) is 40.0 Å². The summed E-state index contributed by atoms with van der Waals surface area (Å²) in [6.07, 6.45) is 1.31. The topological polar surface area (TPSA) is 77.1 Å². The highest BCUT2D eigenvalue weighted by molar-refractivity contribution is 5.67. The van der Waals surface area contributed by atoms with Crippen molar-refractivity contribution in [1.82, 2.24) is 10.2 Å². The van der Waals surface area contributed by atoms with Gasteiger partial charge in [-0.25, -0.2) is 18.4 Å². The van der Waals surface area contributed by atoms with Gasteiger partial charge in [0.2, 0.25) is 0 Å². The van der Waals surface area contributed by atoms with Gasteiger partial charge in [0.25, 0.3) is 0 Å². The molecule has 1 N–H and O–H groups in total. The Morgan fingerprint density at radius 2 is 2.10 bits per heavy atom. The fourth-order valence-corrected chi connectivity index (χ4v) is 3.45. The number of nitrogens with one attached hydrogen (secondary N) is 1. The Balaban J connectivity index is 2.09. The van der Waals surface area contributed by atoms with Gasteiger partial charge in [-0.2, -0.15) is 0 Å². The van der Waals surface area contributed by atoms with E-state index in [0.29, 0.717) is 32.5 Å². The number of hydrogen-bond acceptors (Lipinski definition) is 5. The Hall–Kier alpha value is -2.42. The number of halogens is 2. The van der Waals surface area contributed by atoms with Crippen molar-refractivity contribution in [2.24, 2.45) is 5.92 Å². The molecule has 0 aliphatic carbocycles. The number of carbonyl (C=O) groups is 2. The van der Waals surface area contributed by atoms with Crippen molar-refractivity contribution in [1.29, 1.82) is 0 Å². The number of benzene rings is 1. The molecule has 1 aromatic rings. The Kier molecular flexibility index (Phi) is 9.79. The molecule has 168 valence electrons. The maximum absolute atomic E-state index is 14.5. The zero-order valence-corrected chi connectivity index (χ0v) is 17.5. The molecule has 2 rings (SSSR count). The minimum atomic E-state index is -0.967. The molecule has 1 heterocycles. The Morgan fingerprint density at radius 1 is 1.30 bits per heavy atom. The summed E-state index contributed by atoms with van der Waals surface area (Å²) in [5, 5.41) is 2.49. The van der Waals surface area contributed by atoms with Crippen LogP contribution >= 0.6 is 0 Å². The summed E-state index contributed by atoms with van der Waals surface area (Å²) in [6.45, 7) is 3.45. The van der Waals surface area contributed by atoms with Crippen LogP contribution in [0.3, 0.4) is 0 Å². The molecular formula is C21H30F2N2O5. The predicted molar refractivity (Wildman–Crippen MR) is 106 cm³/mol. The van der Waals surface area contributed by atoms with Crippen LogP contribution < -0.4 is 5.32 Å². The first-order valence-electron chi connectivity index (χ1n) is 10.3. The molecule has 2 unspecified atom stereocenters. The number of piperidine rings is 1. The molecule has 1 aliphatic heterocycles. The van der Waals surface area contributed by atoms with Gasteiger partial charge in [0.05, 0.1) is 26.4 Å². The second kappa shape index (κ2) is 12.3. The molecule has 0 radical (unpaired) electrons. The minimum absolute atomic E-state index is 0.0766. The molecule has 7 nitrogen and oxygen atoms in total. The van der Waals surface area contributed by atoms with E-state index in [0.717, 1.165) is 18.9 Å². The number of carbonyl (C=O) groups excluding carboxylic acids is 2. The van der Waals surface area contributed by atoms with Gasteiger partial charge in [-0.1, -0.05) is 25.5 Å². The first-order valence-corrected chi connectivity index (χ1v) is 10.3. The lowest BCUT2D eigenvalue weighted by Gasteiger charge is -2.36. The summed E-state index contributed by atoms with van der Waals surface area (Å²) in [6, 6.07) is 3.96. The van der Waals surface area contributed by atoms with Crippen LogP contribution in [0.15, 0.2) is 18.2 Å². The molecular weight excluding hydrogens is 398 g/mol. The van der Waals surface area contributed by atoms with E-state index in [1.165, 1.54) is 19.2 Å². The lowest BCUT2D eigenvalue weighted by Crippen LogP contribution is -2.43. The number of unbranched alkanes of at least 4 members (excludes halogenated alkanes) is 1. The zero-order chi connectivity index (χ0) is 21.9. The molecule has 0 aromatic heterocycles. The van der Waals surface area contributed by atoms with E-state index in [1.807, 2.05) is 6.92 Å². The highest BCUT2D eigenvalue weighted by Crippen LogP contribution is 2.35. The molecule has 1 fully saturated rings. The Bertz CT molecular complexity index is 704. The maximum Gasteiger partial charge on any atom is 0.409 e. The number of amides is 2. The van der Waals surface area contributed by atoms with E-state index in [-0.39, 0.29) is 24.6 Å². The number of likely N-dealkylation sites (tertiary alicyclic amines) is 1. The number of hydrogen-bond donors (Lipinski definition) is 1. The number of alkyl carbamates (subject to hydrolysis) is 1. The SMILES string of the molecule is CCCCOC(=O)N1CCCC(C(OCCNC(=O)OC)c2cccc(F)c2F)C1. The van der Waals surface area contributed by atoms with Crippen LogP contribution in [0, 0.1) is 17.6 Å². The maximum atomic E-state index is 14.5. The van der Waals surface area contributed by atoms with Crippen molar-refractivity contribution < 1.29 is 32.6 Å². The van der Waals surface area contributed by atoms with E-state index in [9.17, 15) is 18.4 Å². The molecule has 1 aromatic carbocycles. The highest BCUT2D eigenvalue weighted by Gasteiger charge is 2.33. The second-order valence-electron chi connectivity index (χ2n) is 7.17. The van der Waals surface area contributed by atoms with Crippen LogP contribution in [0.25, 0.3) is 0 Å². The number of ether oxygens (including phenoxy) is 3. The van der Waals surface area contributed by atoms with Crippen molar-refractivity contribution >= 4 is 12.2 Å². The second-order valence-corrected chi connectivity index (χ2v) is 7.17. The largest absolute Gasteiger partial charge is 0.453 e. The van der Waals surface area contributed by atoms with Crippen molar-refractivity contribution in [3.63, 3.8) is 0 Å². The van der Waals surface area contributed by atoms with E-state index in [4.69, 9.17) is 9.47 Å². The zero-order valence-electron chi connectivity index (χ0n) is 17.5. The van der Waals surface area contributed by atoms with Crippen molar-refractivity contribution in [3.8, 4) is 0 Å². The number of nitrogens with zero attached hydrogens (tertiary/aromatic N) is 1. The van der Waals surface area contributed by atoms with Crippen LogP contribution in [-0.4, -0.2) is 57.0 Å². The van der Waals surface area contributed by atoms with E-state index in [2.05, 4.69) is 10.1 Å². The molecule has 9 heteroatoms. The van der Waals surface area contributed by atoms with Crippen molar-refractivity contribution in [3.05, 3.63) is 35.4 Å². The standard InChI is InChI=1S/C21H30F2N2O5/c1-3-4-12-30-21(27)25-11-6-7-15(14-25)19(29-13-10-24-20(26)28-2)16-8-5-9-17(22)18(16)23/h5,8-9,15,19H,3-4,6-7,10-14H2,1-2H3,(H,24,26). The molecule has 0 saturated carbocycles. The fourth-order valence-electron chi connectivity index (χ4n) is 3.45. The van der Waals surface area contributed by atoms with Gasteiger partial charge in [0, 0.05) is 31.1 Å². The van der Waals surface area contributed by atoms with E-state index < -0.39 is 29.9 Å². The Morgan fingerprint density at radius 3 is 2.83 bits per heavy atom. The van der Waals surface area contributed by atoms with Crippen LogP contribution in [0.1, 0.15) is 44.3 Å². The van der Waals surface area contributed by atoms with Crippen LogP contribution in [0.4, 0.5) is 18.4 Å². The van der Waals surface area contributed by atoms with Crippen LogP contribution in [-0.2, 0) is 14.2 Å². The van der Waals surface area contributed by atoms with Crippen LogP contribution in [0.5, 0.6) is 0 Å². The third-order valence-electron chi connectivity index (χ3n) is 5.01. The van der Waals surface area contributed by atoms with Gasteiger partial charge < -0.3 is 24.4 Å². The van der Waals surface area contributed by atoms with E-state index in [1.54, 1.807) is 4.90 Å². The predicted octanol–water partition coefficient (Wildman–Crippen LogP) is 4.03. The third kappa shape index (κ3) is 6.83. The van der Waals surface area contributed by atoms with Gasteiger partial charge in [-0.15, -0.1) is 0 Å². The van der Waals surface area contributed by atoms with Gasteiger partial charge in [0.1, 0.15) is 0 Å². The first-order chi connectivity index (χ1) is 14.5. The normalized spacial score (nSPS) is 17.3. The van der Waals surface area contributed by atoms with Gasteiger partial charge >= 0.3 is 12.2 Å². The average Bonchev–Trinajstić information content (AvgIpc) is 2.76. The summed E-state index contributed by atoms with van der Waals surface area (Å²) in [4.78, 5) is 25.1. The first kappa shape index (κ1) is 23.9. The number of rotatable bonds is 9. The molecule has 0 spiro atoms. The van der Waals surface area contributed by atoms with Gasteiger partial charge in [0.15, 0.2) is 11.6 Å². The highest BCUT2D eigenvalue weighted by atomic mass is 19.2. The molecule has 2 atom stereocenters. The summed E-state index contributed by atoms with van der Waals surface area (Å²) in [5.74, 6) is -2.17. The lowest BCUT2D eigenvalue weighted by atomic mass is 9.88. The lowest BCUT2D eigenvalue weighted by molar-refractivity contribution is -0.0164. The summed E-state index contributed by atoms with van der Waals surface area (Å²) >= 11 is 0. The van der Waals surface area contributed by atoms with Crippen molar-refractivity contribution in [2.45, 2.75) is 38.7 Å². The number of methoxy groups -OCH3 is 1. The summed E-state index contributed by atoms with van der Waals surface area (Å²) < 4.78 is 44.0. The van der Waals surface area contributed by atoms with Crippen LogP contribution in [0.2, 0.25) is 0 Å². The average molecular weight is 428 g/mol. The van der Waals surface area contributed by atoms with Gasteiger partial charge in [-0.3, -0.25) is 0 Å². The fraction of sp³-hybridized carbons (Fsp3) is 0.619. The smallest absolute Gasteiger partial charge is 0.409 e. The minimum Gasteiger partial charge on any atom is -0.453 e. The third-order valence-corrected chi connectivity index (χ3v) is 5.01. The van der Waals surface area contributed by atoms with Gasteiger partial charge in [-0.05, 0) is 25.3 Å². The molecule has 1 saturated heterocycles. The Labute approximate surface area is 175 Å². The quantitative estimate of drug-likeness (QED) is 0.601. The monoisotopic (exact) mass is 428 g/mol. The summed E-state index contributed by atoms with van der Waals surface area (Å²) in [5.41, 5.74) is 0.0965. The summed E-state index contributed by atoms with van der Waals surface area (Å²) in [7, 11) is 1.25.